The van der Waals surface area contributed by atoms with Crippen LogP contribution >= 0.6 is 0 Å². The first-order chi connectivity index (χ1) is 7.43. The SMILES string of the molecule is Cc1ccc(C(=O)CNC(C)C)c(C)c1C. The van der Waals surface area contributed by atoms with Crippen molar-refractivity contribution in [3.63, 3.8) is 0 Å². The van der Waals surface area contributed by atoms with Crippen molar-refractivity contribution in [1.82, 2.24) is 5.32 Å². The highest BCUT2D eigenvalue weighted by Crippen LogP contribution is 2.17. The van der Waals surface area contributed by atoms with Crippen LogP contribution in [0.4, 0.5) is 0 Å². The third-order valence-electron chi connectivity index (χ3n) is 3.03. The largest absolute Gasteiger partial charge is 0.307 e. The number of rotatable bonds is 4. The summed E-state index contributed by atoms with van der Waals surface area (Å²) in [6, 6.07) is 4.29. The number of Topliss-reactive ketones (excluding diaryl/α,β-unsaturated/α-hetero) is 1. The van der Waals surface area contributed by atoms with Crippen LogP contribution < -0.4 is 5.32 Å². The summed E-state index contributed by atoms with van der Waals surface area (Å²) < 4.78 is 0. The van der Waals surface area contributed by atoms with Crippen LogP contribution in [0.2, 0.25) is 0 Å². The Kier molecular flexibility index (Phi) is 4.25. The summed E-state index contributed by atoms with van der Waals surface area (Å²) in [5.74, 6) is 0.175. The van der Waals surface area contributed by atoms with Gasteiger partial charge in [0, 0.05) is 11.6 Å². The quantitative estimate of drug-likeness (QED) is 0.789. The van der Waals surface area contributed by atoms with Crippen LogP contribution in [0.15, 0.2) is 12.1 Å². The van der Waals surface area contributed by atoms with Crippen LogP contribution in [0, 0.1) is 20.8 Å². The Morgan fingerprint density at radius 1 is 1.19 bits per heavy atom. The standard InChI is InChI=1S/C14H21NO/c1-9(2)15-8-14(16)13-7-6-10(3)11(4)12(13)5/h6-7,9,15H,8H2,1-5H3. The summed E-state index contributed by atoms with van der Waals surface area (Å²) >= 11 is 0. The first-order valence-electron chi connectivity index (χ1n) is 5.77. The van der Waals surface area contributed by atoms with E-state index in [-0.39, 0.29) is 5.78 Å². The second-order valence-corrected chi connectivity index (χ2v) is 4.64. The van der Waals surface area contributed by atoms with Crippen LogP contribution in [0.1, 0.15) is 40.9 Å². The predicted octanol–water partition coefficient (Wildman–Crippen LogP) is 2.79. The molecule has 88 valence electrons. The average molecular weight is 219 g/mol. The van der Waals surface area contributed by atoms with Gasteiger partial charge < -0.3 is 5.32 Å². The van der Waals surface area contributed by atoms with Gasteiger partial charge in [-0.25, -0.2) is 0 Å². The number of benzene rings is 1. The van der Waals surface area contributed by atoms with E-state index in [0.717, 1.165) is 11.1 Å². The van der Waals surface area contributed by atoms with Crippen molar-refractivity contribution in [3.05, 3.63) is 34.4 Å². The van der Waals surface area contributed by atoms with Gasteiger partial charge in [-0.3, -0.25) is 4.79 Å². The lowest BCUT2D eigenvalue weighted by Crippen LogP contribution is -2.29. The van der Waals surface area contributed by atoms with E-state index < -0.39 is 0 Å². The Morgan fingerprint density at radius 2 is 1.81 bits per heavy atom. The van der Waals surface area contributed by atoms with Gasteiger partial charge in [0.05, 0.1) is 6.54 Å². The predicted molar refractivity (Wildman–Crippen MR) is 68.1 cm³/mol. The monoisotopic (exact) mass is 219 g/mol. The van der Waals surface area contributed by atoms with E-state index >= 15 is 0 Å². The van der Waals surface area contributed by atoms with Gasteiger partial charge in [0.25, 0.3) is 0 Å². The third kappa shape index (κ3) is 2.92. The van der Waals surface area contributed by atoms with Crippen molar-refractivity contribution in [3.8, 4) is 0 Å². The van der Waals surface area contributed by atoms with Crippen LogP contribution in [0.3, 0.4) is 0 Å². The highest BCUT2D eigenvalue weighted by atomic mass is 16.1. The van der Waals surface area contributed by atoms with Gasteiger partial charge in [0.1, 0.15) is 0 Å². The van der Waals surface area contributed by atoms with Gasteiger partial charge in [-0.15, -0.1) is 0 Å². The molecule has 1 N–H and O–H groups in total. The molecule has 0 saturated heterocycles. The van der Waals surface area contributed by atoms with Crippen LogP contribution in [-0.2, 0) is 0 Å². The van der Waals surface area contributed by atoms with E-state index in [1.807, 2.05) is 32.9 Å². The summed E-state index contributed by atoms with van der Waals surface area (Å²) in [5.41, 5.74) is 4.41. The molecule has 1 aromatic carbocycles. The molecule has 16 heavy (non-hydrogen) atoms. The number of hydrogen-bond acceptors (Lipinski definition) is 2. The van der Waals surface area contributed by atoms with E-state index in [4.69, 9.17) is 0 Å². The Morgan fingerprint density at radius 3 is 2.38 bits per heavy atom. The highest BCUT2D eigenvalue weighted by Gasteiger charge is 2.11. The summed E-state index contributed by atoms with van der Waals surface area (Å²) in [5, 5.41) is 3.16. The van der Waals surface area contributed by atoms with E-state index in [9.17, 15) is 4.79 Å². The average Bonchev–Trinajstić information content (AvgIpc) is 2.23. The van der Waals surface area contributed by atoms with Crippen molar-refractivity contribution in [1.29, 1.82) is 0 Å². The van der Waals surface area contributed by atoms with Gasteiger partial charge in [0.2, 0.25) is 0 Å². The number of carbonyl (C=O) groups excluding carboxylic acids is 1. The number of carbonyl (C=O) groups is 1. The molecular weight excluding hydrogens is 198 g/mol. The minimum absolute atomic E-state index is 0.175. The summed E-state index contributed by atoms with van der Waals surface area (Å²) in [6.07, 6.45) is 0. The van der Waals surface area contributed by atoms with E-state index in [2.05, 4.69) is 19.2 Å². The molecule has 0 radical (unpaired) electrons. The summed E-state index contributed by atoms with van der Waals surface area (Å²) in [6.45, 7) is 10.7. The first kappa shape index (κ1) is 12.9. The Bertz CT molecular complexity index is 394. The molecule has 0 spiro atoms. The molecular formula is C14H21NO. The van der Waals surface area contributed by atoms with E-state index in [0.29, 0.717) is 12.6 Å². The topological polar surface area (TPSA) is 29.1 Å². The molecule has 0 heterocycles. The Labute approximate surface area is 98.1 Å². The number of aryl methyl sites for hydroxylation is 1. The molecule has 0 fully saturated rings. The molecule has 2 nitrogen and oxygen atoms in total. The zero-order valence-corrected chi connectivity index (χ0v) is 10.8. The van der Waals surface area contributed by atoms with E-state index in [1.165, 1.54) is 11.1 Å². The van der Waals surface area contributed by atoms with Gasteiger partial charge in [-0.05, 0) is 37.5 Å². The maximum atomic E-state index is 12.0. The number of nitrogens with one attached hydrogen (secondary N) is 1. The maximum Gasteiger partial charge on any atom is 0.176 e. The lowest BCUT2D eigenvalue weighted by atomic mass is 9.96. The molecule has 0 amide bonds. The van der Waals surface area contributed by atoms with Gasteiger partial charge in [0.15, 0.2) is 5.78 Å². The fourth-order valence-corrected chi connectivity index (χ4v) is 1.65. The van der Waals surface area contributed by atoms with Crippen molar-refractivity contribution < 1.29 is 4.79 Å². The number of ketones is 1. The molecule has 0 aliphatic carbocycles. The van der Waals surface area contributed by atoms with Crippen LogP contribution in [0.5, 0.6) is 0 Å². The Balaban J connectivity index is 2.88. The fourth-order valence-electron chi connectivity index (χ4n) is 1.65. The van der Waals surface area contributed by atoms with Crippen molar-refractivity contribution >= 4 is 5.78 Å². The highest BCUT2D eigenvalue weighted by molar-refractivity contribution is 5.99. The van der Waals surface area contributed by atoms with Crippen LogP contribution in [-0.4, -0.2) is 18.4 Å². The first-order valence-corrected chi connectivity index (χ1v) is 5.77. The lowest BCUT2D eigenvalue weighted by molar-refractivity contribution is 0.0988. The summed E-state index contributed by atoms with van der Waals surface area (Å²) in [4.78, 5) is 12.0. The van der Waals surface area contributed by atoms with Crippen molar-refractivity contribution in [2.75, 3.05) is 6.54 Å². The minimum Gasteiger partial charge on any atom is -0.307 e. The van der Waals surface area contributed by atoms with Gasteiger partial charge in [-0.1, -0.05) is 26.0 Å². The smallest absolute Gasteiger partial charge is 0.176 e. The summed E-state index contributed by atoms with van der Waals surface area (Å²) in [7, 11) is 0. The normalized spacial score (nSPS) is 10.9. The zero-order valence-electron chi connectivity index (χ0n) is 10.8. The molecule has 2 heteroatoms. The molecule has 0 saturated carbocycles. The lowest BCUT2D eigenvalue weighted by Gasteiger charge is -2.12. The fraction of sp³-hybridized carbons (Fsp3) is 0.500. The third-order valence-corrected chi connectivity index (χ3v) is 3.03. The van der Waals surface area contributed by atoms with Crippen molar-refractivity contribution in [2.45, 2.75) is 40.7 Å². The minimum atomic E-state index is 0.175. The van der Waals surface area contributed by atoms with E-state index in [1.54, 1.807) is 0 Å². The molecule has 1 rings (SSSR count). The molecule has 1 aromatic rings. The molecule has 0 aliphatic rings. The molecule has 0 unspecified atom stereocenters. The second kappa shape index (κ2) is 5.26. The Hall–Kier alpha value is -1.15. The zero-order chi connectivity index (χ0) is 12.3. The molecule has 0 aromatic heterocycles. The molecule has 0 atom stereocenters. The van der Waals surface area contributed by atoms with Gasteiger partial charge in [-0.2, -0.15) is 0 Å². The maximum absolute atomic E-state index is 12.0. The molecule has 0 bridgehead atoms. The number of hydrogen-bond donors (Lipinski definition) is 1. The van der Waals surface area contributed by atoms with Crippen LogP contribution in [0.25, 0.3) is 0 Å². The second-order valence-electron chi connectivity index (χ2n) is 4.64. The van der Waals surface area contributed by atoms with Gasteiger partial charge >= 0.3 is 0 Å². The molecule has 0 aliphatic heterocycles. The van der Waals surface area contributed by atoms with Crippen molar-refractivity contribution in [2.24, 2.45) is 0 Å².